The van der Waals surface area contributed by atoms with Gasteiger partial charge in [-0.2, -0.15) is 13.2 Å². The molecule has 0 spiro atoms. The molecule has 1 N–H and O–H groups in total. The summed E-state index contributed by atoms with van der Waals surface area (Å²) in [5.41, 5.74) is 0.0793. The number of ether oxygens (including phenoxy) is 2. The highest BCUT2D eigenvalue weighted by molar-refractivity contribution is 6.36. The van der Waals surface area contributed by atoms with Gasteiger partial charge in [0.25, 0.3) is 5.91 Å². The summed E-state index contributed by atoms with van der Waals surface area (Å²) in [6, 6.07) is 14.4. The van der Waals surface area contributed by atoms with E-state index in [9.17, 15) is 22.8 Å². The van der Waals surface area contributed by atoms with E-state index in [2.05, 4.69) is 5.32 Å². The van der Waals surface area contributed by atoms with Crippen molar-refractivity contribution in [3.05, 3.63) is 98.5 Å². The summed E-state index contributed by atoms with van der Waals surface area (Å²) in [5, 5.41) is 3.08. The van der Waals surface area contributed by atoms with Crippen molar-refractivity contribution in [1.29, 1.82) is 0 Å². The zero-order chi connectivity index (χ0) is 26.3. The maximum absolute atomic E-state index is 12.8. The Labute approximate surface area is 219 Å². The van der Waals surface area contributed by atoms with Crippen LogP contribution in [-0.4, -0.2) is 18.5 Å². The molecule has 1 amide bonds. The SMILES string of the molecule is O=C(COC(=O)/C=C/c1ccc(OCc2c(Cl)cccc2Cl)cc1)Nc1cc(C(F)(F)F)ccc1Cl. The first-order valence-corrected chi connectivity index (χ1v) is 11.3. The summed E-state index contributed by atoms with van der Waals surface area (Å²) in [4.78, 5) is 23.9. The largest absolute Gasteiger partial charge is 0.489 e. The van der Waals surface area contributed by atoms with Gasteiger partial charge in [0.1, 0.15) is 12.4 Å². The molecule has 3 aromatic rings. The average Bonchev–Trinajstić information content (AvgIpc) is 2.82. The van der Waals surface area contributed by atoms with Crippen LogP contribution in [0.1, 0.15) is 16.7 Å². The third kappa shape index (κ3) is 7.91. The maximum Gasteiger partial charge on any atom is 0.416 e. The van der Waals surface area contributed by atoms with E-state index < -0.39 is 30.2 Å². The molecule has 0 aliphatic carbocycles. The summed E-state index contributed by atoms with van der Waals surface area (Å²) in [5.74, 6) is -1.12. The van der Waals surface area contributed by atoms with Gasteiger partial charge in [0.15, 0.2) is 6.61 Å². The molecule has 0 aromatic heterocycles. The number of anilines is 1. The third-order valence-electron chi connectivity index (χ3n) is 4.65. The fourth-order valence-corrected chi connectivity index (χ4v) is 3.50. The minimum atomic E-state index is -4.60. The predicted molar refractivity (Wildman–Crippen MR) is 132 cm³/mol. The van der Waals surface area contributed by atoms with Crippen molar-refractivity contribution in [1.82, 2.24) is 0 Å². The summed E-state index contributed by atoms with van der Waals surface area (Å²) >= 11 is 18.1. The van der Waals surface area contributed by atoms with Crippen LogP contribution in [-0.2, 0) is 27.1 Å². The zero-order valence-electron chi connectivity index (χ0n) is 18.2. The number of nitrogens with one attached hydrogen (secondary N) is 1. The van der Waals surface area contributed by atoms with Gasteiger partial charge in [0.05, 0.1) is 16.3 Å². The minimum Gasteiger partial charge on any atom is -0.489 e. The number of rotatable bonds is 8. The van der Waals surface area contributed by atoms with Crippen LogP contribution >= 0.6 is 34.8 Å². The highest BCUT2D eigenvalue weighted by Crippen LogP contribution is 2.33. The molecule has 0 bridgehead atoms. The number of alkyl halides is 3. The Morgan fingerprint density at radius 1 is 0.917 bits per heavy atom. The van der Waals surface area contributed by atoms with Crippen molar-refractivity contribution in [2.45, 2.75) is 12.8 Å². The number of carbonyl (C=O) groups excluding carboxylic acids is 2. The Hall–Kier alpha value is -3.20. The lowest BCUT2D eigenvalue weighted by molar-refractivity contribution is -0.142. The molecule has 3 aromatic carbocycles. The van der Waals surface area contributed by atoms with E-state index >= 15 is 0 Å². The smallest absolute Gasteiger partial charge is 0.416 e. The van der Waals surface area contributed by atoms with Crippen LogP contribution in [0.4, 0.5) is 18.9 Å². The summed E-state index contributed by atoms with van der Waals surface area (Å²) in [6.45, 7) is -0.541. The molecule has 3 rings (SSSR count). The first kappa shape index (κ1) is 27.4. The summed E-state index contributed by atoms with van der Waals surface area (Å²) < 4.78 is 49.0. The number of hydrogen-bond donors (Lipinski definition) is 1. The van der Waals surface area contributed by atoms with Gasteiger partial charge in [-0.15, -0.1) is 0 Å². The standard InChI is InChI=1S/C25H17Cl3F3NO4/c26-19-2-1-3-20(27)18(19)13-35-17-8-4-15(5-9-17)6-11-24(34)36-14-23(33)32-22-12-16(25(29,30)31)7-10-21(22)28/h1-12H,13-14H2,(H,32,33)/b11-6+. The Balaban J connectivity index is 1.48. The van der Waals surface area contributed by atoms with E-state index in [-0.39, 0.29) is 17.3 Å². The van der Waals surface area contributed by atoms with Crippen molar-refractivity contribution in [3.8, 4) is 5.75 Å². The van der Waals surface area contributed by atoms with Gasteiger partial charge in [0.2, 0.25) is 0 Å². The molecule has 0 aliphatic heterocycles. The molecule has 0 saturated carbocycles. The van der Waals surface area contributed by atoms with Crippen LogP contribution in [0, 0.1) is 0 Å². The van der Waals surface area contributed by atoms with Gasteiger partial charge in [-0.05, 0) is 54.1 Å². The second-order valence-corrected chi connectivity index (χ2v) is 8.46. The number of benzene rings is 3. The molecular weight excluding hydrogens is 542 g/mol. The molecule has 0 radical (unpaired) electrons. The van der Waals surface area contributed by atoms with E-state index in [0.29, 0.717) is 33.0 Å². The van der Waals surface area contributed by atoms with Crippen molar-refractivity contribution >= 4 is 58.4 Å². The highest BCUT2D eigenvalue weighted by atomic mass is 35.5. The summed E-state index contributed by atoms with van der Waals surface area (Å²) in [7, 11) is 0. The van der Waals surface area contributed by atoms with Crippen LogP contribution in [0.5, 0.6) is 5.75 Å². The van der Waals surface area contributed by atoms with Gasteiger partial charge in [-0.25, -0.2) is 4.79 Å². The van der Waals surface area contributed by atoms with E-state index in [4.69, 9.17) is 44.3 Å². The van der Waals surface area contributed by atoms with Gasteiger partial charge >= 0.3 is 12.1 Å². The van der Waals surface area contributed by atoms with Crippen molar-refractivity contribution in [3.63, 3.8) is 0 Å². The second-order valence-electron chi connectivity index (χ2n) is 7.24. The van der Waals surface area contributed by atoms with Crippen LogP contribution in [0.3, 0.4) is 0 Å². The van der Waals surface area contributed by atoms with Crippen LogP contribution in [0.15, 0.2) is 66.7 Å². The van der Waals surface area contributed by atoms with Crippen LogP contribution in [0.25, 0.3) is 6.08 Å². The number of esters is 1. The van der Waals surface area contributed by atoms with E-state index in [1.54, 1.807) is 42.5 Å². The quantitative estimate of drug-likeness (QED) is 0.231. The van der Waals surface area contributed by atoms with Gasteiger partial charge in [-0.3, -0.25) is 4.79 Å². The lowest BCUT2D eigenvalue weighted by Gasteiger charge is -2.11. The number of carbonyl (C=O) groups is 2. The molecular formula is C25H17Cl3F3NO4. The molecule has 11 heteroatoms. The topological polar surface area (TPSA) is 64.6 Å². The molecule has 36 heavy (non-hydrogen) atoms. The molecule has 0 saturated heterocycles. The Kier molecular flexibility index (Phi) is 9.25. The predicted octanol–water partition coefficient (Wildman–Crippen LogP) is 7.44. The van der Waals surface area contributed by atoms with E-state index in [0.717, 1.165) is 18.2 Å². The minimum absolute atomic E-state index is 0.0926. The first-order valence-electron chi connectivity index (χ1n) is 10.2. The third-order valence-corrected chi connectivity index (χ3v) is 5.69. The maximum atomic E-state index is 12.8. The molecule has 0 aliphatic rings. The highest BCUT2D eigenvalue weighted by Gasteiger charge is 2.31. The van der Waals surface area contributed by atoms with Crippen molar-refractivity contribution in [2.24, 2.45) is 0 Å². The van der Waals surface area contributed by atoms with Crippen LogP contribution in [0.2, 0.25) is 15.1 Å². The van der Waals surface area contributed by atoms with Crippen molar-refractivity contribution < 1.29 is 32.2 Å². The Morgan fingerprint density at radius 2 is 1.58 bits per heavy atom. The molecule has 188 valence electrons. The molecule has 0 atom stereocenters. The summed E-state index contributed by atoms with van der Waals surface area (Å²) in [6.07, 6.45) is -2.04. The van der Waals surface area contributed by atoms with Crippen molar-refractivity contribution in [2.75, 3.05) is 11.9 Å². The van der Waals surface area contributed by atoms with Crippen LogP contribution < -0.4 is 10.1 Å². The monoisotopic (exact) mass is 557 g/mol. The fraction of sp³-hybridized carbons (Fsp3) is 0.120. The number of halogens is 6. The molecule has 0 unspecified atom stereocenters. The normalized spacial score (nSPS) is 11.4. The molecule has 0 fully saturated rings. The molecule has 5 nitrogen and oxygen atoms in total. The average molecular weight is 559 g/mol. The zero-order valence-corrected chi connectivity index (χ0v) is 20.5. The van der Waals surface area contributed by atoms with Gasteiger partial charge in [0, 0.05) is 21.7 Å². The van der Waals surface area contributed by atoms with E-state index in [1.807, 2.05) is 0 Å². The Morgan fingerprint density at radius 3 is 2.22 bits per heavy atom. The first-order chi connectivity index (χ1) is 17.0. The number of hydrogen-bond acceptors (Lipinski definition) is 4. The number of amides is 1. The molecule has 0 heterocycles. The second kappa shape index (κ2) is 12.2. The lowest BCUT2D eigenvalue weighted by atomic mass is 10.2. The van der Waals surface area contributed by atoms with Gasteiger partial charge < -0.3 is 14.8 Å². The fourth-order valence-electron chi connectivity index (χ4n) is 2.83. The van der Waals surface area contributed by atoms with E-state index in [1.165, 1.54) is 6.08 Å². The Bertz CT molecular complexity index is 1260. The van der Waals surface area contributed by atoms with Gasteiger partial charge in [-0.1, -0.05) is 53.0 Å². The lowest BCUT2D eigenvalue weighted by Crippen LogP contribution is -2.20.